The van der Waals surface area contributed by atoms with Gasteiger partial charge < -0.3 is 0 Å². The maximum absolute atomic E-state index is 12.4. The number of hydrogen-bond donors (Lipinski definition) is 0. The minimum Gasteiger partial charge on any atom is -0.272 e. The van der Waals surface area contributed by atoms with Crippen LogP contribution in [0.5, 0.6) is 0 Å². The molecule has 21 heavy (non-hydrogen) atoms. The number of amides is 1. The molecule has 1 amide bonds. The van der Waals surface area contributed by atoms with Crippen LogP contribution in [-0.4, -0.2) is 41.8 Å². The summed E-state index contributed by atoms with van der Waals surface area (Å²) in [6, 6.07) is 4.87. The molecule has 1 atom stereocenters. The van der Waals surface area contributed by atoms with Crippen molar-refractivity contribution in [2.75, 3.05) is 12.8 Å². The van der Waals surface area contributed by atoms with Crippen LogP contribution in [0.25, 0.3) is 0 Å². The van der Waals surface area contributed by atoms with Gasteiger partial charge in [0.25, 0.3) is 5.91 Å². The normalized spacial score (nSPS) is 24.6. The van der Waals surface area contributed by atoms with Gasteiger partial charge in [0.15, 0.2) is 0 Å². The van der Waals surface area contributed by atoms with Crippen LogP contribution in [0.15, 0.2) is 23.1 Å². The molecule has 0 aromatic heterocycles. The summed E-state index contributed by atoms with van der Waals surface area (Å²) in [5.41, 5.74) is 0.718. The molecule has 1 aromatic rings. The van der Waals surface area contributed by atoms with Gasteiger partial charge in [0.1, 0.15) is 6.04 Å². The van der Waals surface area contributed by atoms with Gasteiger partial charge in [-0.05, 0) is 36.8 Å². The molecule has 114 valence electrons. The zero-order chi connectivity index (χ0) is 15.2. The van der Waals surface area contributed by atoms with Crippen LogP contribution in [0.2, 0.25) is 5.02 Å². The summed E-state index contributed by atoms with van der Waals surface area (Å²) < 4.78 is 27.1. The van der Waals surface area contributed by atoms with Gasteiger partial charge in [0.05, 0.1) is 11.6 Å². The van der Waals surface area contributed by atoms with Gasteiger partial charge >= 0.3 is 10.2 Å². The largest absolute Gasteiger partial charge is 0.307 e. The van der Waals surface area contributed by atoms with Crippen molar-refractivity contribution in [3.05, 3.63) is 28.8 Å². The highest BCUT2D eigenvalue weighted by Crippen LogP contribution is 2.34. The number of nitrogens with zero attached hydrogens (tertiary/aromatic N) is 2. The highest BCUT2D eigenvalue weighted by molar-refractivity contribution is 7.98. The summed E-state index contributed by atoms with van der Waals surface area (Å²) in [7, 11) is -3.67. The third-order valence-corrected chi connectivity index (χ3v) is 6.97. The average molecular weight is 347 g/mol. The minimum absolute atomic E-state index is 0.0442. The van der Waals surface area contributed by atoms with E-state index in [-0.39, 0.29) is 12.5 Å². The molecule has 2 saturated heterocycles. The van der Waals surface area contributed by atoms with Gasteiger partial charge in [-0.3, -0.25) is 4.79 Å². The molecule has 2 aliphatic rings. The summed E-state index contributed by atoms with van der Waals surface area (Å²) >= 11 is 7.66. The van der Waals surface area contributed by atoms with E-state index in [9.17, 15) is 13.2 Å². The first kappa shape index (κ1) is 15.1. The van der Waals surface area contributed by atoms with Crippen molar-refractivity contribution in [1.82, 2.24) is 8.61 Å². The lowest BCUT2D eigenvalue weighted by molar-refractivity contribution is -0.127. The summed E-state index contributed by atoms with van der Waals surface area (Å²) in [6.07, 6.45) is 3.28. The van der Waals surface area contributed by atoms with E-state index in [1.807, 2.05) is 18.4 Å². The van der Waals surface area contributed by atoms with Gasteiger partial charge in [0.2, 0.25) is 0 Å². The first-order valence-corrected chi connectivity index (χ1v) is 9.61. The lowest BCUT2D eigenvalue weighted by Crippen LogP contribution is -2.33. The molecule has 0 saturated carbocycles. The lowest BCUT2D eigenvalue weighted by Gasteiger charge is -2.17. The van der Waals surface area contributed by atoms with Gasteiger partial charge in [-0.15, -0.1) is 11.8 Å². The highest BCUT2D eigenvalue weighted by atomic mass is 35.5. The predicted molar refractivity (Wildman–Crippen MR) is 82.4 cm³/mol. The maximum Gasteiger partial charge on any atom is 0.307 e. The first-order valence-electron chi connectivity index (χ1n) is 6.61. The van der Waals surface area contributed by atoms with Crippen molar-refractivity contribution < 1.29 is 13.2 Å². The van der Waals surface area contributed by atoms with Crippen LogP contribution < -0.4 is 0 Å². The van der Waals surface area contributed by atoms with E-state index in [0.717, 1.165) is 21.2 Å². The summed E-state index contributed by atoms with van der Waals surface area (Å²) in [5, 5.41) is 0.574. The molecule has 0 spiro atoms. The molecule has 5 nitrogen and oxygen atoms in total. The Morgan fingerprint density at radius 2 is 2.19 bits per heavy atom. The van der Waals surface area contributed by atoms with E-state index in [0.29, 0.717) is 18.0 Å². The molecular formula is C13H15ClN2O3S2. The maximum atomic E-state index is 12.4. The fraction of sp³-hybridized carbons (Fsp3) is 0.462. The minimum atomic E-state index is -3.67. The number of carbonyl (C=O) groups excluding carboxylic acids is 1. The monoisotopic (exact) mass is 346 g/mol. The number of thioether (sulfide) groups is 1. The van der Waals surface area contributed by atoms with Gasteiger partial charge in [0, 0.05) is 11.4 Å². The second kappa shape index (κ2) is 5.46. The predicted octanol–water partition coefficient (Wildman–Crippen LogP) is 2.11. The SMILES string of the molecule is CSc1ccc(CN2C(=O)[C@@H]3CCCN3S2(=O)=O)cc1Cl. The second-order valence-corrected chi connectivity index (χ2v) is 8.15. The Balaban J connectivity index is 1.88. The third-order valence-electron chi connectivity index (χ3n) is 3.85. The zero-order valence-corrected chi connectivity index (χ0v) is 13.8. The van der Waals surface area contributed by atoms with Crippen LogP contribution in [0.4, 0.5) is 0 Å². The van der Waals surface area contributed by atoms with Crippen molar-refractivity contribution in [2.45, 2.75) is 30.3 Å². The van der Waals surface area contributed by atoms with Gasteiger partial charge in [-0.25, -0.2) is 4.31 Å². The molecule has 0 N–H and O–H groups in total. The number of halogens is 1. The summed E-state index contributed by atoms with van der Waals surface area (Å²) in [6.45, 7) is 0.476. The summed E-state index contributed by atoms with van der Waals surface area (Å²) in [4.78, 5) is 13.2. The molecule has 8 heteroatoms. The van der Waals surface area contributed by atoms with Crippen LogP contribution in [0, 0.1) is 0 Å². The van der Waals surface area contributed by atoms with Gasteiger partial charge in [-0.2, -0.15) is 12.7 Å². The lowest BCUT2D eigenvalue weighted by atomic mass is 10.2. The van der Waals surface area contributed by atoms with Crippen molar-refractivity contribution in [2.24, 2.45) is 0 Å². The fourth-order valence-corrected chi connectivity index (χ4v) is 5.49. The molecule has 0 bridgehead atoms. The van der Waals surface area contributed by atoms with E-state index in [4.69, 9.17) is 11.6 Å². The smallest absolute Gasteiger partial charge is 0.272 e. The quantitative estimate of drug-likeness (QED) is 0.787. The van der Waals surface area contributed by atoms with Crippen LogP contribution >= 0.6 is 23.4 Å². The molecule has 3 rings (SSSR count). The van der Waals surface area contributed by atoms with E-state index in [1.165, 1.54) is 16.1 Å². The Bertz CT molecular complexity index is 693. The van der Waals surface area contributed by atoms with Crippen LogP contribution in [0.1, 0.15) is 18.4 Å². The highest BCUT2D eigenvalue weighted by Gasteiger charge is 2.52. The second-order valence-electron chi connectivity index (χ2n) is 5.09. The molecule has 2 fully saturated rings. The van der Waals surface area contributed by atoms with E-state index in [2.05, 4.69) is 0 Å². The average Bonchev–Trinajstić information content (AvgIpc) is 2.99. The van der Waals surface area contributed by atoms with E-state index < -0.39 is 16.3 Å². The summed E-state index contributed by atoms with van der Waals surface area (Å²) in [5.74, 6) is -0.322. The van der Waals surface area contributed by atoms with Crippen molar-refractivity contribution in [3.8, 4) is 0 Å². The zero-order valence-electron chi connectivity index (χ0n) is 11.5. The van der Waals surface area contributed by atoms with E-state index >= 15 is 0 Å². The Morgan fingerprint density at radius 1 is 1.43 bits per heavy atom. The molecule has 2 heterocycles. The number of carbonyl (C=O) groups is 1. The van der Waals surface area contributed by atoms with Gasteiger partial charge in [-0.1, -0.05) is 17.7 Å². The van der Waals surface area contributed by atoms with E-state index in [1.54, 1.807) is 6.07 Å². The van der Waals surface area contributed by atoms with Crippen LogP contribution in [0.3, 0.4) is 0 Å². The molecule has 1 aromatic carbocycles. The molecule has 0 radical (unpaired) electrons. The standard InChI is InChI=1S/C13H15ClN2O3S2/c1-20-12-5-4-9(7-10(12)14)8-16-13(17)11-3-2-6-15(11)21(16,18)19/h4-5,7,11H,2-3,6,8H2,1H3/t11-/m0/s1. The number of hydrogen-bond acceptors (Lipinski definition) is 4. The Hall–Kier alpha value is -0.760. The van der Waals surface area contributed by atoms with Crippen LogP contribution in [-0.2, 0) is 21.5 Å². The Morgan fingerprint density at radius 3 is 2.81 bits per heavy atom. The molecule has 2 aliphatic heterocycles. The number of benzene rings is 1. The molecule has 0 aliphatic carbocycles. The third kappa shape index (κ3) is 2.46. The molecular weight excluding hydrogens is 332 g/mol. The number of fused-ring (bicyclic) bond motifs is 1. The van der Waals surface area contributed by atoms with Crippen molar-refractivity contribution in [3.63, 3.8) is 0 Å². The first-order chi connectivity index (χ1) is 9.95. The van der Waals surface area contributed by atoms with Crippen molar-refractivity contribution >= 4 is 39.5 Å². The Labute approximate surface area is 133 Å². The fourth-order valence-electron chi connectivity index (χ4n) is 2.80. The van der Waals surface area contributed by atoms with Crippen molar-refractivity contribution in [1.29, 1.82) is 0 Å². The topological polar surface area (TPSA) is 57.7 Å². The Kier molecular flexibility index (Phi) is 3.94. The number of rotatable bonds is 3. The molecule has 0 unspecified atom stereocenters.